The first-order valence-electron chi connectivity index (χ1n) is 5.82. The SMILES string of the molecule is NNC(C1=CCCCC1)c1ccc(Cl)cc1F. The molecule has 0 aliphatic heterocycles. The molecule has 17 heavy (non-hydrogen) atoms. The number of rotatable bonds is 3. The van der Waals surface area contributed by atoms with Crippen LogP contribution >= 0.6 is 11.6 Å². The summed E-state index contributed by atoms with van der Waals surface area (Å²) < 4.78 is 13.8. The average molecular weight is 255 g/mol. The number of nitrogens with one attached hydrogen (secondary N) is 1. The van der Waals surface area contributed by atoms with Crippen LogP contribution in [0.2, 0.25) is 5.02 Å². The fraction of sp³-hybridized carbons (Fsp3) is 0.385. The van der Waals surface area contributed by atoms with E-state index in [1.165, 1.54) is 18.1 Å². The van der Waals surface area contributed by atoms with Crippen LogP contribution in [0.25, 0.3) is 0 Å². The van der Waals surface area contributed by atoms with Crippen molar-refractivity contribution in [3.63, 3.8) is 0 Å². The van der Waals surface area contributed by atoms with Crippen molar-refractivity contribution in [2.75, 3.05) is 0 Å². The summed E-state index contributed by atoms with van der Waals surface area (Å²) in [5, 5.41) is 0.402. The van der Waals surface area contributed by atoms with Crippen LogP contribution in [0.5, 0.6) is 0 Å². The Balaban J connectivity index is 2.31. The Bertz CT molecular complexity index is 431. The molecule has 2 nitrogen and oxygen atoms in total. The molecule has 92 valence electrons. The topological polar surface area (TPSA) is 38.0 Å². The third-order valence-corrected chi connectivity index (χ3v) is 3.37. The molecule has 0 saturated carbocycles. The molecule has 0 spiro atoms. The van der Waals surface area contributed by atoms with Crippen molar-refractivity contribution in [1.29, 1.82) is 0 Å². The molecule has 1 unspecified atom stereocenters. The van der Waals surface area contributed by atoms with Gasteiger partial charge in [-0.05, 0) is 37.8 Å². The normalized spacial score (nSPS) is 17.7. The molecule has 3 N–H and O–H groups in total. The summed E-state index contributed by atoms with van der Waals surface area (Å²) in [6.45, 7) is 0. The van der Waals surface area contributed by atoms with Crippen LogP contribution in [-0.2, 0) is 0 Å². The third-order valence-electron chi connectivity index (χ3n) is 3.14. The third kappa shape index (κ3) is 2.86. The van der Waals surface area contributed by atoms with Crippen molar-refractivity contribution in [2.45, 2.75) is 31.7 Å². The molecular formula is C13H16ClFN2. The predicted octanol–water partition coefficient (Wildman–Crippen LogP) is 3.48. The number of benzene rings is 1. The van der Waals surface area contributed by atoms with Gasteiger partial charge >= 0.3 is 0 Å². The van der Waals surface area contributed by atoms with Crippen molar-refractivity contribution in [3.05, 3.63) is 46.3 Å². The first-order chi connectivity index (χ1) is 8.22. The minimum atomic E-state index is -0.313. The minimum Gasteiger partial charge on any atom is -0.271 e. The maximum absolute atomic E-state index is 13.8. The fourth-order valence-corrected chi connectivity index (χ4v) is 2.42. The van der Waals surface area contributed by atoms with Gasteiger partial charge in [-0.1, -0.05) is 29.3 Å². The summed E-state index contributed by atoms with van der Waals surface area (Å²) in [5.74, 6) is 5.24. The predicted molar refractivity (Wildman–Crippen MR) is 68.0 cm³/mol. The lowest BCUT2D eigenvalue weighted by Gasteiger charge is -2.23. The highest BCUT2D eigenvalue weighted by molar-refractivity contribution is 6.30. The summed E-state index contributed by atoms with van der Waals surface area (Å²) in [6.07, 6.45) is 6.50. The van der Waals surface area contributed by atoms with Gasteiger partial charge in [-0.15, -0.1) is 0 Å². The highest BCUT2D eigenvalue weighted by atomic mass is 35.5. The Morgan fingerprint density at radius 1 is 1.35 bits per heavy atom. The first kappa shape index (κ1) is 12.6. The van der Waals surface area contributed by atoms with E-state index in [2.05, 4.69) is 11.5 Å². The van der Waals surface area contributed by atoms with Gasteiger partial charge in [0.05, 0.1) is 6.04 Å². The molecule has 1 atom stereocenters. The highest BCUT2D eigenvalue weighted by Crippen LogP contribution is 2.31. The molecule has 0 fully saturated rings. The van der Waals surface area contributed by atoms with Gasteiger partial charge in [0.25, 0.3) is 0 Å². The Hall–Kier alpha value is -0.900. The molecule has 1 aromatic carbocycles. The average Bonchev–Trinajstić information content (AvgIpc) is 2.34. The molecule has 1 aliphatic carbocycles. The number of hydrogen-bond donors (Lipinski definition) is 2. The summed E-state index contributed by atoms with van der Waals surface area (Å²) in [4.78, 5) is 0. The first-order valence-corrected chi connectivity index (χ1v) is 6.20. The van der Waals surface area contributed by atoms with Crippen LogP contribution in [0.4, 0.5) is 4.39 Å². The van der Waals surface area contributed by atoms with Crippen LogP contribution in [0, 0.1) is 5.82 Å². The zero-order chi connectivity index (χ0) is 12.3. The Kier molecular flexibility index (Phi) is 4.15. The van der Waals surface area contributed by atoms with Crippen LogP contribution in [0.15, 0.2) is 29.8 Å². The molecule has 1 aromatic rings. The van der Waals surface area contributed by atoms with E-state index in [1.54, 1.807) is 12.1 Å². The number of hydrogen-bond acceptors (Lipinski definition) is 2. The van der Waals surface area contributed by atoms with Gasteiger partial charge in [0, 0.05) is 10.6 Å². The van der Waals surface area contributed by atoms with Gasteiger partial charge in [0.1, 0.15) is 5.82 Å². The highest BCUT2D eigenvalue weighted by Gasteiger charge is 2.20. The number of hydrazine groups is 1. The molecule has 0 radical (unpaired) electrons. The molecule has 4 heteroatoms. The van der Waals surface area contributed by atoms with E-state index < -0.39 is 0 Å². The molecule has 2 rings (SSSR count). The van der Waals surface area contributed by atoms with E-state index in [-0.39, 0.29) is 11.9 Å². The van der Waals surface area contributed by atoms with E-state index in [4.69, 9.17) is 17.4 Å². The number of nitrogens with two attached hydrogens (primary N) is 1. The lowest BCUT2D eigenvalue weighted by Crippen LogP contribution is -2.30. The van der Waals surface area contributed by atoms with E-state index >= 15 is 0 Å². The lowest BCUT2D eigenvalue weighted by molar-refractivity contribution is 0.528. The van der Waals surface area contributed by atoms with Crippen molar-refractivity contribution in [1.82, 2.24) is 5.43 Å². The molecule has 0 amide bonds. The van der Waals surface area contributed by atoms with Gasteiger partial charge in [-0.3, -0.25) is 5.84 Å². The smallest absolute Gasteiger partial charge is 0.129 e. The van der Waals surface area contributed by atoms with E-state index in [9.17, 15) is 4.39 Å². The van der Waals surface area contributed by atoms with Crippen molar-refractivity contribution < 1.29 is 4.39 Å². The molecule has 1 aliphatic rings. The molecule has 0 heterocycles. The Morgan fingerprint density at radius 2 is 2.18 bits per heavy atom. The molecular weight excluding hydrogens is 239 g/mol. The second-order valence-corrected chi connectivity index (χ2v) is 4.73. The molecule has 0 bridgehead atoms. The number of allylic oxidation sites excluding steroid dienone is 1. The second-order valence-electron chi connectivity index (χ2n) is 4.29. The zero-order valence-corrected chi connectivity index (χ0v) is 10.3. The quantitative estimate of drug-likeness (QED) is 0.492. The van der Waals surface area contributed by atoms with Gasteiger partial charge < -0.3 is 0 Å². The van der Waals surface area contributed by atoms with Crippen molar-refractivity contribution in [2.24, 2.45) is 5.84 Å². The maximum atomic E-state index is 13.8. The van der Waals surface area contributed by atoms with E-state index in [1.807, 2.05) is 0 Å². The van der Waals surface area contributed by atoms with Gasteiger partial charge in [-0.25, -0.2) is 9.82 Å². The largest absolute Gasteiger partial charge is 0.271 e. The minimum absolute atomic E-state index is 0.243. The van der Waals surface area contributed by atoms with Crippen LogP contribution in [0.1, 0.15) is 37.3 Å². The van der Waals surface area contributed by atoms with Gasteiger partial charge in [-0.2, -0.15) is 0 Å². The summed E-state index contributed by atoms with van der Waals surface area (Å²) in [5.41, 5.74) is 4.42. The fourth-order valence-electron chi connectivity index (χ4n) is 2.26. The van der Waals surface area contributed by atoms with Crippen LogP contribution in [-0.4, -0.2) is 0 Å². The standard InChI is InChI=1S/C13H16ClFN2/c14-10-6-7-11(12(15)8-10)13(17-16)9-4-2-1-3-5-9/h4,6-8,13,17H,1-3,5,16H2. The molecule has 0 aromatic heterocycles. The van der Waals surface area contributed by atoms with Gasteiger partial charge in [0.2, 0.25) is 0 Å². The van der Waals surface area contributed by atoms with Crippen molar-refractivity contribution >= 4 is 11.6 Å². The summed E-state index contributed by atoms with van der Waals surface area (Å²) in [7, 11) is 0. The maximum Gasteiger partial charge on any atom is 0.129 e. The summed E-state index contributed by atoms with van der Waals surface area (Å²) >= 11 is 5.74. The van der Waals surface area contributed by atoms with Crippen LogP contribution in [0.3, 0.4) is 0 Å². The lowest BCUT2D eigenvalue weighted by atomic mass is 9.90. The second kappa shape index (κ2) is 5.63. The van der Waals surface area contributed by atoms with Gasteiger partial charge in [0.15, 0.2) is 0 Å². The zero-order valence-electron chi connectivity index (χ0n) is 9.55. The van der Waals surface area contributed by atoms with E-state index in [0.29, 0.717) is 10.6 Å². The Labute approximate surface area is 106 Å². The summed E-state index contributed by atoms with van der Waals surface area (Å²) in [6, 6.07) is 4.46. The van der Waals surface area contributed by atoms with Crippen LogP contribution < -0.4 is 11.3 Å². The molecule has 0 saturated heterocycles. The monoisotopic (exact) mass is 254 g/mol. The number of halogens is 2. The Morgan fingerprint density at radius 3 is 2.76 bits per heavy atom. The van der Waals surface area contributed by atoms with Crippen molar-refractivity contribution in [3.8, 4) is 0 Å². The van der Waals surface area contributed by atoms with E-state index in [0.717, 1.165) is 19.3 Å².